The van der Waals surface area contributed by atoms with Crippen molar-refractivity contribution in [2.45, 2.75) is 76.4 Å². The lowest BCUT2D eigenvalue weighted by atomic mass is 9.87. The molecule has 2 nitrogen and oxygen atoms in total. The van der Waals surface area contributed by atoms with Crippen molar-refractivity contribution in [3.8, 4) is 0 Å². The Labute approximate surface area is 100 Å². The van der Waals surface area contributed by atoms with Crippen molar-refractivity contribution in [2.75, 3.05) is 13.1 Å². The topological polar surface area (TPSA) is 21.3 Å². The summed E-state index contributed by atoms with van der Waals surface area (Å²) in [5, 5.41) is 3.65. The summed E-state index contributed by atoms with van der Waals surface area (Å²) in [7, 11) is 0. The first-order chi connectivity index (χ1) is 7.74. The quantitative estimate of drug-likeness (QED) is 0.793. The molecule has 0 aromatic rings. The molecular weight excluding hydrogens is 198 g/mol. The molecule has 16 heavy (non-hydrogen) atoms. The Kier molecular flexibility index (Phi) is 3.91. The predicted molar refractivity (Wildman–Crippen MR) is 67.7 cm³/mol. The second-order valence-corrected chi connectivity index (χ2v) is 5.78. The Morgan fingerprint density at radius 3 is 2.19 bits per heavy atom. The normalized spacial score (nSPS) is 27.4. The molecule has 0 bridgehead atoms. The van der Waals surface area contributed by atoms with Crippen molar-refractivity contribution < 1.29 is 4.74 Å². The van der Waals surface area contributed by atoms with Gasteiger partial charge in [-0.1, -0.05) is 39.5 Å². The van der Waals surface area contributed by atoms with Gasteiger partial charge in [-0.2, -0.15) is 0 Å². The molecule has 2 aliphatic rings. The van der Waals surface area contributed by atoms with Crippen molar-refractivity contribution in [3.05, 3.63) is 0 Å². The summed E-state index contributed by atoms with van der Waals surface area (Å²) >= 11 is 0. The van der Waals surface area contributed by atoms with Crippen LogP contribution in [-0.4, -0.2) is 24.3 Å². The summed E-state index contributed by atoms with van der Waals surface area (Å²) in [5.41, 5.74) is 0.342. The lowest BCUT2D eigenvalue weighted by Gasteiger charge is -2.47. The van der Waals surface area contributed by atoms with Crippen LogP contribution in [0, 0.1) is 0 Å². The summed E-state index contributed by atoms with van der Waals surface area (Å²) in [6.07, 6.45) is 10.2. The molecule has 0 atom stereocenters. The third-order valence-electron chi connectivity index (χ3n) is 4.25. The van der Waals surface area contributed by atoms with E-state index in [-0.39, 0.29) is 11.2 Å². The molecule has 94 valence electrons. The van der Waals surface area contributed by atoms with Gasteiger partial charge in [-0.3, -0.25) is 0 Å². The maximum Gasteiger partial charge on any atom is 0.0814 e. The van der Waals surface area contributed by atoms with Gasteiger partial charge in [-0.25, -0.2) is 0 Å². The Morgan fingerprint density at radius 1 is 1.00 bits per heavy atom. The molecule has 1 saturated heterocycles. The van der Waals surface area contributed by atoms with E-state index in [0.29, 0.717) is 0 Å². The van der Waals surface area contributed by atoms with Gasteiger partial charge in [0.1, 0.15) is 0 Å². The molecule has 1 spiro atoms. The first kappa shape index (κ1) is 12.4. The summed E-state index contributed by atoms with van der Waals surface area (Å²) in [5.74, 6) is 0. The fourth-order valence-electron chi connectivity index (χ4n) is 3.66. The molecule has 1 saturated carbocycles. The Hall–Kier alpha value is -0.0800. The van der Waals surface area contributed by atoms with Crippen LogP contribution in [0.2, 0.25) is 0 Å². The van der Waals surface area contributed by atoms with Gasteiger partial charge in [-0.05, 0) is 25.7 Å². The maximum atomic E-state index is 6.64. The van der Waals surface area contributed by atoms with E-state index in [1.54, 1.807) is 0 Å². The molecule has 0 amide bonds. The second-order valence-electron chi connectivity index (χ2n) is 5.78. The highest BCUT2D eigenvalue weighted by molar-refractivity contribution is 4.98. The van der Waals surface area contributed by atoms with Gasteiger partial charge in [0.25, 0.3) is 0 Å². The number of nitrogens with one attached hydrogen (secondary N) is 1. The summed E-state index contributed by atoms with van der Waals surface area (Å²) in [6, 6.07) is 0. The van der Waals surface area contributed by atoms with Crippen molar-refractivity contribution in [1.29, 1.82) is 0 Å². The molecule has 2 heteroatoms. The fourth-order valence-corrected chi connectivity index (χ4v) is 3.66. The maximum absolute atomic E-state index is 6.64. The zero-order valence-corrected chi connectivity index (χ0v) is 11.0. The highest BCUT2D eigenvalue weighted by Crippen LogP contribution is 2.41. The highest BCUT2D eigenvalue weighted by Gasteiger charge is 2.45. The van der Waals surface area contributed by atoms with Crippen LogP contribution >= 0.6 is 0 Å². The average molecular weight is 225 g/mol. The lowest BCUT2D eigenvalue weighted by molar-refractivity contribution is -0.182. The first-order valence-electron chi connectivity index (χ1n) is 7.15. The molecule has 1 aliphatic heterocycles. The summed E-state index contributed by atoms with van der Waals surface area (Å²) in [4.78, 5) is 0. The van der Waals surface area contributed by atoms with Crippen LogP contribution < -0.4 is 5.32 Å². The van der Waals surface area contributed by atoms with Gasteiger partial charge >= 0.3 is 0 Å². The van der Waals surface area contributed by atoms with Gasteiger partial charge in [-0.15, -0.1) is 0 Å². The van der Waals surface area contributed by atoms with Crippen LogP contribution in [0.3, 0.4) is 0 Å². The Balaban J connectivity index is 2.06. The molecule has 1 aliphatic carbocycles. The molecule has 0 unspecified atom stereocenters. The number of ether oxygens (including phenoxy) is 1. The van der Waals surface area contributed by atoms with E-state index in [1.165, 1.54) is 51.4 Å². The van der Waals surface area contributed by atoms with E-state index in [4.69, 9.17) is 4.74 Å². The minimum atomic E-state index is 0.145. The van der Waals surface area contributed by atoms with Crippen LogP contribution in [0.4, 0.5) is 0 Å². The molecule has 1 N–H and O–H groups in total. The fraction of sp³-hybridized carbons (Fsp3) is 1.00. The van der Waals surface area contributed by atoms with Gasteiger partial charge in [0.05, 0.1) is 11.2 Å². The van der Waals surface area contributed by atoms with E-state index in [9.17, 15) is 0 Å². The minimum absolute atomic E-state index is 0.145. The van der Waals surface area contributed by atoms with Gasteiger partial charge in [0, 0.05) is 13.1 Å². The molecule has 0 radical (unpaired) electrons. The van der Waals surface area contributed by atoms with E-state index in [1.807, 2.05) is 0 Å². The largest absolute Gasteiger partial charge is 0.366 e. The van der Waals surface area contributed by atoms with Crippen molar-refractivity contribution in [1.82, 2.24) is 5.32 Å². The summed E-state index contributed by atoms with van der Waals surface area (Å²) in [6.45, 7) is 6.70. The first-order valence-corrected chi connectivity index (χ1v) is 7.15. The second kappa shape index (κ2) is 5.05. The van der Waals surface area contributed by atoms with Crippen LogP contribution in [0.5, 0.6) is 0 Å². The molecule has 1 heterocycles. The number of hydrogen-bond acceptors (Lipinski definition) is 2. The SMILES string of the molecule is CCCC1(CCC)CNCC2(CCCC2)O1. The lowest BCUT2D eigenvalue weighted by Crippen LogP contribution is -2.59. The minimum Gasteiger partial charge on any atom is -0.366 e. The van der Waals surface area contributed by atoms with E-state index < -0.39 is 0 Å². The monoisotopic (exact) mass is 225 g/mol. The number of rotatable bonds is 4. The third-order valence-corrected chi connectivity index (χ3v) is 4.25. The zero-order valence-electron chi connectivity index (χ0n) is 11.0. The number of morpholine rings is 1. The molecule has 0 aromatic carbocycles. The highest BCUT2D eigenvalue weighted by atomic mass is 16.5. The number of hydrogen-bond donors (Lipinski definition) is 1. The zero-order chi connectivity index (χ0) is 11.5. The van der Waals surface area contributed by atoms with E-state index >= 15 is 0 Å². The molecule has 2 rings (SSSR count). The predicted octanol–water partition coefficient (Wildman–Crippen LogP) is 3.26. The van der Waals surface area contributed by atoms with Gasteiger partial charge in [0.2, 0.25) is 0 Å². The van der Waals surface area contributed by atoms with Crippen LogP contribution in [0.15, 0.2) is 0 Å². The average Bonchev–Trinajstić information content (AvgIpc) is 2.67. The van der Waals surface area contributed by atoms with E-state index in [0.717, 1.165) is 13.1 Å². The summed E-state index contributed by atoms with van der Waals surface area (Å²) < 4.78 is 6.64. The van der Waals surface area contributed by atoms with Gasteiger partial charge < -0.3 is 10.1 Å². The van der Waals surface area contributed by atoms with Crippen molar-refractivity contribution in [3.63, 3.8) is 0 Å². The van der Waals surface area contributed by atoms with Gasteiger partial charge in [0.15, 0.2) is 0 Å². The van der Waals surface area contributed by atoms with Crippen molar-refractivity contribution >= 4 is 0 Å². The molecular formula is C14H27NO. The van der Waals surface area contributed by atoms with Crippen LogP contribution in [0.1, 0.15) is 65.2 Å². The standard InChI is InChI=1S/C14H27NO/c1-3-7-13(8-4-2)11-15-12-14(16-13)9-5-6-10-14/h15H,3-12H2,1-2H3. The Bertz CT molecular complexity index is 209. The van der Waals surface area contributed by atoms with Crippen LogP contribution in [0.25, 0.3) is 0 Å². The smallest absolute Gasteiger partial charge is 0.0814 e. The Morgan fingerprint density at radius 2 is 1.62 bits per heavy atom. The van der Waals surface area contributed by atoms with Crippen LogP contribution in [-0.2, 0) is 4.74 Å². The van der Waals surface area contributed by atoms with E-state index in [2.05, 4.69) is 19.2 Å². The molecule has 0 aromatic heterocycles. The third kappa shape index (κ3) is 2.43. The molecule has 2 fully saturated rings. The van der Waals surface area contributed by atoms with Crippen molar-refractivity contribution in [2.24, 2.45) is 0 Å².